The molecule has 0 aliphatic carbocycles. The average molecular weight is 492 g/mol. The first-order chi connectivity index (χ1) is 16.3. The Morgan fingerprint density at radius 1 is 0.912 bits per heavy atom. The average Bonchev–Trinajstić information content (AvgIpc) is 2.78. The molecule has 1 amide bonds. The third kappa shape index (κ3) is 7.34. The minimum atomic E-state index is -1.37. The number of halogens is 1. The van der Waals surface area contributed by atoms with Gasteiger partial charge in [0.05, 0.1) is 31.5 Å². The van der Waals surface area contributed by atoms with Gasteiger partial charge in [0.2, 0.25) is 6.04 Å². The summed E-state index contributed by atoms with van der Waals surface area (Å²) in [6.45, 7) is 10.3. The van der Waals surface area contributed by atoms with Crippen molar-refractivity contribution < 1.29 is 28.5 Å². The van der Waals surface area contributed by atoms with Crippen molar-refractivity contribution in [3.63, 3.8) is 0 Å². The highest BCUT2D eigenvalue weighted by Crippen LogP contribution is 2.38. The summed E-state index contributed by atoms with van der Waals surface area (Å²) in [4.78, 5) is 25.1. The Labute approximate surface area is 204 Å². The maximum Gasteiger partial charge on any atom is 0.258 e. The lowest BCUT2D eigenvalue weighted by atomic mass is 10.2. The van der Waals surface area contributed by atoms with Crippen molar-refractivity contribution in [2.75, 3.05) is 31.7 Å². The summed E-state index contributed by atoms with van der Waals surface area (Å²) < 4.78 is 22.2. The first kappa shape index (κ1) is 26.9. The predicted molar refractivity (Wildman–Crippen MR) is 130 cm³/mol. The lowest BCUT2D eigenvalue weighted by Crippen LogP contribution is -2.31. The van der Waals surface area contributed by atoms with Gasteiger partial charge in [-0.15, -0.1) is 0 Å². The quantitative estimate of drug-likeness (QED) is 0.288. The van der Waals surface area contributed by atoms with E-state index in [1.807, 2.05) is 27.7 Å². The van der Waals surface area contributed by atoms with Gasteiger partial charge in [0, 0.05) is 17.8 Å². The number of hydrogen-bond acceptors (Lipinski definition) is 8. The molecule has 0 saturated carbocycles. The lowest BCUT2D eigenvalue weighted by Gasteiger charge is -2.15. The van der Waals surface area contributed by atoms with Gasteiger partial charge in [0.25, 0.3) is 5.91 Å². The third-order valence-corrected chi connectivity index (χ3v) is 4.60. The van der Waals surface area contributed by atoms with E-state index in [0.29, 0.717) is 60.8 Å². The van der Waals surface area contributed by atoms with Crippen LogP contribution in [0.25, 0.3) is 0 Å². The number of benzene rings is 2. The summed E-state index contributed by atoms with van der Waals surface area (Å²) in [5.41, 5.74) is 0.700. The molecule has 0 saturated heterocycles. The number of nitrogens with one attached hydrogen (secondary N) is 1. The van der Waals surface area contributed by atoms with Gasteiger partial charge in [0.1, 0.15) is 17.2 Å². The van der Waals surface area contributed by atoms with Crippen LogP contribution >= 0.6 is 11.6 Å². The first-order valence-electron chi connectivity index (χ1n) is 11.0. The van der Waals surface area contributed by atoms with Gasteiger partial charge >= 0.3 is 0 Å². The normalized spacial score (nSPS) is 11.7. The minimum Gasteiger partial charge on any atom is -0.494 e. The number of hydrogen-bond donors (Lipinski definition) is 1. The van der Waals surface area contributed by atoms with E-state index in [-0.39, 0.29) is 5.02 Å². The second-order valence-corrected chi connectivity index (χ2v) is 7.27. The maximum absolute atomic E-state index is 12.9. The monoisotopic (exact) mass is 491 g/mol. The van der Waals surface area contributed by atoms with Gasteiger partial charge in [-0.1, -0.05) is 11.6 Å². The second-order valence-electron chi connectivity index (χ2n) is 6.86. The summed E-state index contributed by atoms with van der Waals surface area (Å²) in [5.74, 6) is 0.660. The fourth-order valence-corrected chi connectivity index (χ4v) is 3.21. The molecule has 0 fully saturated rings. The van der Waals surface area contributed by atoms with Crippen molar-refractivity contribution in [2.24, 2.45) is 10.2 Å². The Kier molecular flexibility index (Phi) is 10.6. The number of carbonyl (C=O) groups is 2. The molecule has 2 rings (SSSR count). The van der Waals surface area contributed by atoms with Gasteiger partial charge < -0.3 is 24.3 Å². The number of nitrogens with zero attached hydrogens (tertiary/aromatic N) is 2. The molecule has 2 aromatic rings. The van der Waals surface area contributed by atoms with Gasteiger partial charge in [-0.25, -0.2) is 0 Å². The highest BCUT2D eigenvalue weighted by atomic mass is 35.5. The Bertz CT molecular complexity index is 1030. The summed E-state index contributed by atoms with van der Waals surface area (Å²) in [6.07, 6.45) is 0. The van der Waals surface area contributed by atoms with Crippen LogP contribution in [0.4, 0.5) is 11.4 Å². The number of carbonyl (C=O) groups excluding carboxylic acids is 2. The van der Waals surface area contributed by atoms with Gasteiger partial charge in [-0.3, -0.25) is 9.59 Å². The standard InChI is InChI=1S/C24H30ClN3O6/c1-6-31-17-10-11-19(20(14-17)32-7-2)27-28-22(15(5)29)24(30)26-16-12-18(25)23(34-9-4)21(13-16)33-8-3/h10-14,22H,6-9H2,1-5H3,(H,26,30). The Balaban J connectivity index is 2.28. The maximum atomic E-state index is 12.9. The SMILES string of the molecule is CCOc1ccc(N=NC(C(C)=O)C(=O)Nc2cc(Cl)c(OCC)c(OCC)c2)c(OCC)c1. The van der Waals surface area contributed by atoms with Crippen LogP contribution in [0, 0.1) is 0 Å². The molecule has 0 spiro atoms. The molecule has 10 heteroatoms. The fraction of sp³-hybridized carbons (Fsp3) is 0.417. The van der Waals surface area contributed by atoms with E-state index in [2.05, 4.69) is 15.5 Å². The van der Waals surface area contributed by atoms with E-state index < -0.39 is 17.7 Å². The van der Waals surface area contributed by atoms with E-state index >= 15 is 0 Å². The van der Waals surface area contributed by atoms with Gasteiger partial charge in [-0.05, 0) is 52.8 Å². The van der Waals surface area contributed by atoms with Gasteiger partial charge in [0.15, 0.2) is 17.3 Å². The highest BCUT2D eigenvalue weighted by molar-refractivity contribution is 6.32. The van der Waals surface area contributed by atoms with Crippen LogP contribution in [0.15, 0.2) is 40.6 Å². The zero-order valence-corrected chi connectivity index (χ0v) is 20.8. The number of amides is 1. The van der Waals surface area contributed by atoms with E-state index in [1.165, 1.54) is 13.0 Å². The van der Waals surface area contributed by atoms with Gasteiger partial charge in [-0.2, -0.15) is 10.2 Å². The van der Waals surface area contributed by atoms with Crippen LogP contribution in [-0.2, 0) is 9.59 Å². The number of ketones is 1. The molecule has 0 heterocycles. The fourth-order valence-electron chi connectivity index (χ4n) is 2.94. The molecule has 0 aliphatic rings. The molecule has 184 valence electrons. The van der Waals surface area contributed by atoms with Crippen molar-refractivity contribution in [1.29, 1.82) is 0 Å². The van der Waals surface area contributed by atoms with Crippen LogP contribution < -0.4 is 24.3 Å². The van der Waals surface area contributed by atoms with Crippen molar-refractivity contribution >= 4 is 34.7 Å². The molecule has 1 unspecified atom stereocenters. The summed E-state index contributed by atoms with van der Waals surface area (Å²) >= 11 is 6.31. The number of rotatable bonds is 13. The Morgan fingerprint density at radius 2 is 1.56 bits per heavy atom. The largest absolute Gasteiger partial charge is 0.494 e. The molecule has 34 heavy (non-hydrogen) atoms. The number of ether oxygens (including phenoxy) is 4. The van der Waals surface area contributed by atoms with Crippen LogP contribution in [0.1, 0.15) is 34.6 Å². The molecule has 0 radical (unpaired) electrons. The molecular weight excluding hydrogens is 462 g/mol. The molecule has 0 aromatic heterocycles. The van der Waals surface area contributed by atoms with Crippen LogP contribution in [0.5, 0.6) is 23.0 Å². The minimum absolute atomic E-state index is 0.264. The Morgan fingerprint density at radius 3 is 2.18 bits per heavy atom. The van der Waals surface area contributed by atoms with Crippen molar-refractivity contribution in [3.8, 4) is 23.0 Å². The highest BCUT2D eigenvalue weighted by Gasteiger charge is 2.24. The molecule has 0 bridgehead atoms. The molecule has 1 N–H and O–H groups in total. The van der Waals surface area contributed by atoms with E-state index in [9.17, 15) is 9.59 Å². The Hall–Kier alpha value is -3.33. The zero-order valence-electron chi connectivity index (χ0n) is 20.0. The predicted octanol–water partition coefficient (Wildman–Crippen LogP) is 5.61. The third-order valence-electron chi connectivity index (χ3n) is 4.32. The first-order valence-corrected chi connectivity index (χ1v) is 11.4. The van der Waals surface area contributed by atoms with Crippen molar-refractivity contribution in [3.05, 3.63) is 35.4 Å². The lowest BCUT2D eigenvalue weighted by molar-refractivity contribution is -0.126. The summed E-state index contributed by atoms with van der Waals surface area (Å²) in [7, 11) is 0. The van der Waals surface area contributed by atoms with Crippen molar-refractivity contribution in [1.82, 2.24) is 0 Å². The molecule has 1 atom stereocenters. The molecular formula is C24H30ClN3O6. The smallest absolute Gasteiger partial charge is 0.258 e. The van der Waals surface area contributed by atoms with Crippen LogP contribution in [0.2, 0.25) is 5.02 Å². The molecule has 2 aromatic carbocycles. The summed E-state index contributed by atoms with van der Waals surface area (Å²) in [5, 5.41) is 11.0. The number of Topliss-reactive ketones (excluding diaryl/α,β-unsaturated/α-hetero) is 1. The molecule has 0 aliphatic heterocycles. The zero-order chi connectivity index (χ0) is 25.1. The van der Waals surface area contributed by atoms with E-state index in [0.717, 1.165) is 0 Å². The van der Waals surface area contributed by atoms with Crippen molar-refractivity contribution in [2.45, 2.75) is 40.7 Å². The number of azo groups is 1. The number of anilines is 1. The molecule has 9 nitrogen and oxygen atoms in total. The van der Waals surface area contributed by atoms with E-state index in [4.69, 9.17) is 30.5 Å². The van der Waals surface area contributed by atoms with Crippen LogP contribution in [0.3, 0.4) is 0 Å². The summed E-state index contributed by atoms with van der Waals surface area (Å²) in [6, 6.07) is 6.76. The van der Waals surface area contributed by atoms with E-state index in [1.54, 1.807) is 24.3 Å². The second kappa shape index (κ2) is 13.4. The topological polar surface area (TPSA) is 108 Å². The van der Waals surface area contributed by atoms with Crippen LogP contribution in [-0.4, -0.2) is 44.2 Å².